The molecule has 2 N–H and O–H groups in total. The van der Waals surface area contributed by atoms with Crippen LogP contribution in [0.25, 0.3) is 12.2 Å². The standard InChI is InChI=1S/C27H39NO/c1-6-20(4)17-23(27-15-16-28-21(27)5)13-10-14-25(19-29)26(8-3)24-12-9-11-22(7-2)18-24/h6,9,11-12,15-16,18,25-26,28-29H,5,7-8,10,13-14,17,19H2,1-4H3. The highest BCUT2D eigenvalue weighted by Crippen LogP contribution is 2.32. The summed E-state index contributed by atoms with van der Waals surface area (Å²) in [6.45, 7) is 13.2. The van der Waals surface area contributed by atoms with Gasteiger partial charge in [-0.05, 0) is 86.6 Å². The number of allylic oxidation sites excluding steroid dienone is 2. The van der Waals surface area contributed by atoms with Crippen molar-refractivity contribution in [3.63, 3.8) is 0 Å². The molecule has 2 nitrogen and oxygen atoms in total. The van der Waals surface area contributed by atoms with Crippen molar-refractivity contribution in [1.29, 1.82) is 0 Å². The minimum Gasteiger partial charge on any atom is -0.396 e. The molecule has 0 saturated heterocycles. The molecule has 2 unspecified atom stereocenters. The number of rotatable bonds is 11. The lowest BCUT2D eigenvalue weighted by molar-refractivity contribution is 0.191. The monoisotopic (exact) mass is 393 g/mol. The SMILES string of the molecule is C=c1[nH]ccc1=C(CCCC(CO)C(CC)c1cccc(CC)c1)CC(C)=CC. The van der Waals surface area contributed by atoms with E-state index in [4.69, 9.17) is 0 Å². The van der Waals surface area contributed by atoms with Gasteiger partial charge >= 0.3 is 0 Å². The minimum absolute atomic E-state index is 0.253. The van der Waals surface area contributed by atoms with E-state index in [-0.39, 0.29) is 6.61 Å². The highest BCUT2D eigenvalue weighted by atomic mass is 16.3. The zero-order valence-electron chi connectivity index (χ0n) is 18.8. The number of aliphatic hydroxyl groups excluding tert-OH is 1. The largest absolute Gasteiger partial charge is 0.396 e. The van der Waals surface area contributed by atoms with Crippen LogP contribution >= 0.6 is 0 Å². The van der Waals surface area contributed by atoms with Gasteiger partial charge in [-0.3, -0.25) is 0 Å². The summed E-state index contributed by atoms with van der Waals surface area (Å²) in [7, 11) is 0. The molecule has 0 aliphatic rings. The Labute approximate surface area is 177 Å². The van der Waals surface area contributed by atoms with Crippen LogP contribution in [0.3, 0.4) is 0 Å². The van der Waals surface area contributed by atoms with E-state index in [9.17, 15) is 5.11 Å². The van der Waals surface area contributed by atoms with Gasteiger partial charge in [-0.1, -0.05) is 61.9 Å². The first-order valence-corrected chi connectivity index (χ1v) is 11.2. The average Bonchev–Trinajstić information content (AvgIpc) is 3.17. The summed E-state index contributed by atoms with van der Waals surface area (Å²) < 4.78 is 0. The first kappa shape index (κ1) is 23.2. The van der Waals surface area contributed by atoms with Crippen molar-refractivity contribution in [3.05, 3.63) is 69.9 Å². The molecule has 1 heterocycles. The van der Waals surface area contributed by atoms with E-state index in [1.54, 1.807) is 0 Å². The molecule has 158 valence electrons. The van der Waals surface area contributed by atoms with Gasteiger partial charge in [0.25, 0.3) is 0 Å². The third-order valence-corrected chi connectivity index (χ3v) is 6.28. The molecule has 29 heavy (non-hydrogen) atoms. The van der Waals surface area contributed by atoms with Crippen molar-refractivity contribution < 1.29 is 5.11 Å². The second kappa shape index (κ2) is 11.8. The molecule has 1 aromatic carbocycles. The number of hydrogen-bond acceptors (Lipinski definition) is 1. The molecule has 0 radical (unpaired) electrons. The number of aromatic nitrogens is 1. The first-order valence-electron chi connectivity index (χ1n) is 11.2. The summed E-state index contributed by atoms with van der Waals surface area (Å²) in [4.78, 5) is 3.22. The first-order chi connectivity index (χ1) is 14.0. The van der Waals surface area contributed by atoms with E-state index in [0.717, 1.165) is 43.9 Å². The van der Waals surface area contributed by atoms with Crippen LogP contribution in [0.2, 0.25) is 0 Å². The fourth-order valence-electron chi connectivity index (χ4n) is 4.37. The zero-order chi connectivity index (χ0) is 21.2. The number of aromatic amines is 1. The average molecular weight is 394 g/mol. The van der Waals surface area contributed by atoms with E-state index in [1.165, 1.54) is 27.5 Å². The highest BCUT2D eigenvalue weighted by molar-refractivity contribution is 5.48. The third kappa shape index (κ3) is 6.47. The molecule has 0 aliphatic heterocycles. The molecular weight excluding hydrogens is 354 g/mol. The topological polar surface area (TPSA) is 36.0 Å². The summed E-state index contributed by atoms with van der Waals surface area (Å²) in [5, 5.41) is 12.4. The van der Waals surface area contributed by atoms with Gasteiger partial charge in [0.15, 0.2) is 0 Å². The molecule has 0 amide bonds. The Hall–Kier alpha value is -2.06. The highest BCUT2D eigenvalue weighted by Gasteiger charge is 2.21. The molecule has 0 spiro atoms. The molecule has 2 atom stereocenters. The van der Waals surface area contributed by atoms with E-state index >= 15 is 0 Å². The van der Waals surface area contributed by atoms with Crippen LogP contribution in [-0.2, 0) is 6.42 Å². The van der Waals surface area contributed by atoms with Gasteiger partial charge in [0, 0.05) is 18.2 Å². The molecule has 2 aromatic rings. The normalized spacial score (nSPS) is 15.3. The van der Waals surface area contributed by atoms with Gasteiger partial charge in [-0.25, -0.2) is 0 Å². The Morgan fingerprint density at radius 2 is 2.03 bits per heavy atom. The van der Waals surface area contributed by atoms with Crippen LogP contribution in [0, 0.1) is 5.92 Å². The number of aryl methyl sites for hydroxylation is 1. The second-order valence-corrected chi connectivity index (χ2v) is 8.23. The van der Waals surface area contributed by atoms with Crippen LogP contribution in [0.4, 0.5) is 0 Å². The molecule has 2 heteroatoms. The second-order valence-electron chi connectivity index (χ2n) is 8.23. The minimum atomic E-state index is 0.253. The van der Waals surface area contributed by atoms with Crippen molar-refractivity contribution in [3.8, 4) is 0 Å². The van der Waals surface area contributed by atoms with Crippen LogP contribution in [0.1, 0.15) is 76.8 Å². The number of hydrogen-bond donors (Lipinski definition) is 2. The fourth-order valence-corrected chi connectivity index (χ4v) is 4.37. The van der Waals surface area contributed by atoms with Gasteiger partial charge in [0.05, 0.1) is 0 Å². The van der Waals surface area contributed by atoms with Gasteiger partial charge in [0.1, 0.15) is 0 Å². The summed E-state index contributed by atoms with van der Waals surface area (Å²) in [6.07, 6.45) is 10.5. The molecule has 0 fully saturated rings. The van der Waals surface area contributed by atoms with Gasteiger partial charge in [-0.2, -0.15) is 0 Å². The number of nitrogens with one attached hydrogen (secondary N) is 1. The number of H-pyrrole nitrogens is 1. The maximum atomic E-state index is 10.2. The summed E-state index contributed by atoms with van der Waals surface area (Å²) in [5.41, 5.74) is 5.60. The Morgan fingerprint density at radius 3 is 2.62 bits per heavy atom. The van der Waals surface area contributed by atoms with Gasteiger partial charge < -0.3 is 10.1 Å². The lowest BCUT2D eigenvalue weighted by Crippen LogP contribution is -2.23. The molecule has 2 rings (SSSR count). The maximum absolute atomic E-state index is 10.2. The maximum Gasteiger partial charge on any atom is 0.0465 e. The smallest absolute Gasteiger partial charge is 0.0465 e. The van der Waals surface area contributed by atoms with Crippen molar-refractivity contribution in [2.24, 2.45) is 5.92 Å². The summed E-state index contributed by atoms with van der Waals surface area (Å²) in [5.74, 6) is 0.726. The summed E-state index contributed by atoms with van der Waals surface area (Å²) in [6, 6.07) is 11.1. The Balaban J connectivity index is 2.14. The quantitative estimate of drug-likeness (QED) is 0.488. The predicted octanol–water partition coefficient (Wildman–Crippen LogP) is 5.47. The molecular formula is C27H39NO. The lowest BCUT2D eigenvalue weighted by Gasteiger charge is -2.26. The van der Waals surface area contributed by atoms with Gasteiger partial charge in [0.2, 0.25) is 0 Å². The molecule has 0 bridgehead atoms. The van der Waals surface area contributed by atoms with Crippen molar-refractivity contribution >= 4 is 12.2 Å². The van der Waals surface area contributed by atoms with E-state index < -0.39 is 0 Å². The van der Waals surface area contributed by atoms with Crippen molar-refractivity contribution in [2.75, 3.05) is 6.61 Å². The number of benzene rings is 1. The van der Waals surface area contributed by atoms with Crippen LogP contribution in [-0.4, -0.2) is 16.7 Å². The molecule has 0 saturated carbocycles. The Morgan fingerprint density at radius 1 is 1.24 bits per heavy atom. The Bertz CT molecular complexity index is 889. The van der Waals surface area contributed by atoms with E-state index in [0.29, 0.717) is 11.8 Å². The summed E-state index contributed by atoms with van der Waals surface area (Å²) >= 11 is 0. The van der Waals surface area contributed by atoms with Gasteiger partial charge in [-0.15, -0.1) is 0 Å². The third-order valence-electron chi connectivity index (χ3n) is 6.28. The Kier molecular flexibility index (Phi) is 9.47. The fraction of sp³-hybridized carbons (Fsp3) is 0.481. The lowest BCUT2D eigenvalue weighted by atomic mass is 9.80. The van der Waals surface area contributed by atoms with Crippen molar-refractivity contribution in [1.82, 2.24) is 4.98 Å². The number of aliphatic hydroxyl groups is 1. The predicted molar refractivity (Wildman–Crippen MR) is 126 cm³/mol. The molecule has 1 aromatic heterocycles. The van der Waals surface area contributed by atoms with Crippen LogP contribution in [0.15, 0.2) is 48.2 Å². The van der Waals surface area contributed by atoms with Crippen molar-refractivity contribution in [2.45, 2.75) is 72.1 Å². The zero-order valence-corrected chi connectivity index (χ0v) is 18.8. The molecule has 0 aliphatic carbocycles. The van der Waals surface area contributed by atoms with Crippen LogP contribution in [0.5, 0.6) is 0 Å². The van der Waals surface area contributed by atoms with E-state index in [1.807, 2.05) is 6.20 Å². The van der Waals surface area contributed by atoms with E-state index in [2.05, 4.69) is 75.7 Å². The van der Waals surface area contributed by atoms with Crippen LogP contribution < -0.4 is 10.6 Å².